The van der Waals surface area contributed by atoms with Crippen LogP contribution in [-0.4, -0.2) is 42.6 Å². The molecule has 2 heterocycles. The fraction of sp³-hybridized carbons (Fsp3) is 0.0769. The molecule has 37 heavy (non-hydrogen) atoms. The molecule has 0 aliphatic rings. The van der Waals surface area contributed by atoms with Crippen molar-refractivity contribution in [1.29, 1.82) is 0 Å². The Hall–Kier alpha value is -5.32. The maximum Gasteiger partial charge on any atom is 0.328 e. The fourth-order valence-corrected chi connectivity index (χ4v) is 3.26. The van der Waals surface area contributed by atoms with E-state index in [1.807, 2.05) is 79.7 Å². The molecule has 11 heteroatoms. The predicted molar refractivity (Wildman–Crippen MR) is 140 cm³/mol. The van der Waals surface area contributed by atoms with E-state index in [9.17, 15) is 0 Å². The van der Waals surface area contributed by atoms with Crippen LogP contribution < -0.4 is 20.1 Å². The second-order valence-electron chi connectivity index (χ2n) is 7.57. The maximum atomic E-state index is 6.09. The summed E-state index contributed by atoms with van der Waals surface area (Å²) in [5.41, 5.74) is 2.46. The van der Waals surface area contributed by atoms with Gasteiger partial charge >= 0.3 is 6.01 Å². The van der Waals surface area contributed by atoms with Crippen molar-refractivity contribution < 1.29 is 9.47 Å². The Bertz CT molecular complexity index is 1400. The van der Waals surface area contributed by atoms with Gasteiger partial charge in [-0.2, -0.15) is 20.1 Å². The van der Waals surface area contributed by atoms with E-state index in [-0.39, 0.29) is 6.01 Å². The van der Waals surface area contributed by atoms with E-state index in [1.54, 1.807) is 12.3 Å². The minimum Gasteiger partial charge on any atom is -0.490 e. The number of hydrogen-bond donors (Lipinski definition) is 2. The number of hydrogen-bond acceptors (Lipinski definition) is 10. The van der Waals surface area contributed by atoms with E-state index in [0.29, 0.717) is 30.0 Å². The van der Waals surface area contributed by atoms with E-state index >= 15 is 0 Å². The van der Waals surface area contributed by atoms with Crippen molar-refractivity contribution in [2.24, 2.45) is 5.10 Å². The second kappa shape index (κ2) is 11.4. The Kier molecular flexibility index (Phi) is 7.22. The molecule has 0 atom stereocenters. The van der Waals surface area contributed by atoms with Crippen LogP contribution >= 0.6 is 0 Å². The third kappa shape index (κ3) is 6.42. The number of rotatable bonds is 10. The van der Waals surface area contributed by atoms with Crippen molar-refractivity contribution in [2.45, 2.75) is 6.92 Å². The van der Waals surface area contributed by atoms with Gasteiger partial charge in [0.15, 0.2) is 11.5 Å². The molecule has 184 valence electrons. The lowest BCUT2D eigenvalue weighted by Gasteiger charge is -2.13. The van der Waals surface area contributed by atoms with Crippen molar-refractivity contribution >= 4 is 29.5 Å². The number of benzene rings is 3. The molecular formula is C26H23N9O2. The van der Waals surface area contributed by atoms with Gasteiger partial charge in [0.25, 0.3) is 0 Å². The molecule has 0 fully saturated rings. The highest BCUT2D eigenvalue weighted by Gasteiger charge is 2.13. The first-order chi connectivity index (χ1) is 18.2. The van der Waals surface area contributed by atoms with Crippen LogP contribution in [0.1, 0.15) is 12.5 Å². The molecule has 0 radical (unpaired) electrons. The molecule has 5 rings (SSSR count). The topological polar surface area (TPSA) is 124 Å². The molecule has 5 aromatic rings. The van der Waals surface area contributed by atoms with Crippen LogP contribution in [-0.2, 0) is 0 Å². The SMILES string of the molecule is CCOc1cc(/C=N/n2cnnc2)ccc1Oc1nc(Nc2ccccc2)nc(Nc2ccccc2)n1. The third-order valence-corrected chi connectivity index (χ3v) is 4.89. The highest BCUT2D eigenvalue weighted by molar-refractivity contribution is 5.80. The van der Waals surface area contributed by atoms with Crippen LogP contribution in [0.3, 0.4) is 0 Å². The summed E-state index contributed by atoms with van der Waals surface area (Å²) in [7, 11) is 0. The fourth-order valence-electron chi connectivity index (χ4n) is 3.26. The largest absolute Gasteiger partial charge is 0.490 e. The van der Waals surface area contributed by atoms with Gasteiger partial charge in [-0.1, -0.05) is 36.4 Å². The summed E-state index contributed by atoms with van der Waals surface area (Å²) in [5.74, 6) is 1.62. The van der Waals surface area contributed by atoms with Crippen LogP contribution in [0.25, 0.3) is 0 Å². The second-order valence-corrected chi connectivity index (χ2v) is 7.57. The minimum absolute atomic E-state index is 0.0960. The quantitative estimate of drug-likeness (QED) is 0.258. The van der Waals surface area contributed by atoms with E-state index in [1.165, 1.54) is 17.3 Å². The summed E-state index contributed by atoms with van der Waals surface area (Å²) in [6, 6.07) is 24.8. The normalized spacial score (nSPS) is 10.8. The van der Waals surface area contributed by atoms with Gasteiger partial charge in [0.1, 0.15) is 12.7 Å². The number of aromatic nitrogens is 6. The first-order valence-corrected chi connectivity index (χ1v) is 11.5. The predicted octanol–water partition coefficient (Wildman–Crippen LogP) is 5.02. The maximum absolute atomic E-state index is 6.09. The number of nitrogens with zero attached hydrogens (tertiary/aromatic N) is 7. The third-order valence-electron chi connectivity index (χ3n) is 4.89. The van der Waals surface area contributed by atoms with Crippen molar-refractivity contribution in [3.63, 3.8) is 0 Å². The average molecular weight is 494 g/mol. The minimum atomic E-state index is 0.0960. The van der Waals surface area contributed by atoms with Gasteiger partial charge in [0.05, 0.1) is 12.8 Å². The Morgan fingerprint density at radius 3 is 2.00 bits per heavy atom. The molecule has 0 unspecified atom stereocenters. The lowest BCUT2D eigenvalue weighted by molar-refractivity contribution is 0.317. The molecule has 0 amide bonds. The van der Waals surface area contributed by atoms with Crippen molar-refractivity contribution in [3.05, 3.63) is 97.1 Å². The smallest absolute Gasteiger partial charge is 0.328 e. The molecule has 0 saturated carbocycles. The summed E-state index contributed by atoms with van der Waals surface area (Å²) >= 11 is 0. The summed E-state index contributed by atoms with van der Waals surface area (Å²) in [5, 5.41) is 18.1. The summed E-state index contributed by atoms with van der Waals surface area (Å²) in [6.07, 6.45) is 4.67. The van der Waals surface area contributed by atoms with Crippen LogP contribution in [0.4, 0.5) is 23.3 Å². The number of para-hydroxylation sites is 2. The number of anilines is 4. The van der Waals surface area contributed by atoms with Crippen LogP contribution in [0, 0.1) is 0 Å². The van der Waals surface area contributed by atoms with Gasteiger partial charge in [0.2, 0.25) is 11.9 Å². The van der Waals surface area contributed by atoms with Gasteiger partial charge in [-0.25, -0.2) is 4.68 Å². The molecule has 0 aliphatic heterocycles. The molecule has 0 spiro atoms. The van der Waals surface area contributed by atoms with Gasteiger partial charge < -0.3 is 20.1 Å². The highest BCUT2D eigenvalue weighted by Crippen LogP contribution is 2.32. The van der Waals surface area contributed by atoms with Crippen molar-refractivity contribution in [2.75, 3.05) is 17.2 Å². The first-order valence-electron chi connectivity index (χ1n) is 11.5. The molecule has 2 N–H and O–H groups in total. The van der Waals surface area contributed by atoms with Crippen LogP contribution in [0.2, 0.25) is 0 Å². The molecule has 2 aromatic heterocycles. The number of nitrogens with one attached hydrogen (secondary N) is 2. The van der Waals surface area contributed by atoms with Gasteiger partial charge in [0, 0.05) is 11.4 Å². The zero-order valence-corrected chi connectivity index (χ0v) is 19.9. The van der Waals surface area contributed by atoms with Gasteiger partial charge in [-0.3, -0.25) is 0 Å². The zero-order valence-electron chi connectivity index (χ0n) is 19.9. The van der Waals surface area contributed by atoms with Crippen molar-refractivity contribution in [1.82, 2.24) is 29.8 Å². The first kappa shape index (κ1) is 23.4. The summed E-state index contributed by atoms with van der Waals surface area (Å²) in [4.78, 5) is 13.4. The molecule has 0 aliphatic carbocycles. The lowest BCUT2D eigenvalue weighted by Crippen LogP contribution is -2.06. The van der Waals surface area contributed by atoms with Crippen LogP contribution in [0.15, 0.2) is 96.6 Å². The zero-order chi connectivity index (χ0) is 25.3. The Balaban J connectivity index is 1.44. The molecule has 11 nitrogen and oxygen atoms in total. The Morgan fingerprint density at radius 2 is 1.41 bits per heavy atom. The highest BCUT2D eigenvalue weighted by atomic mass is 16.5. The monoisotopic (exact) mass is 493 g/mol. The summed E-state index contributed by atoms with van der Waals surface area (Å²) < 4.78 is 13.4. The number of ether oxygens (including phenoxy) is 2. The molecule has 3 aromatic carbocycles. The average Bonchev–Trinajstić information content (AvgIpc) is 3.44. The molecular weight excluding hydrogens is 470 g/mol. The standard InChI is InChI=1S/C26H23N9O2/c1-2-36-23-15-19(16-29-35-17-27-28-18-35)13-14-22(23)37-26-33-24(30-20-9-5-3-6-10-20)32-25(34-26)31-21-11-7-4-8-12-21/h3-18H,2H2,1H3,(H2,30,31,32,33,34)/b29-16+. The van der Waals surface area contributed by atoms with E-state index in [4.69, 9.17) is 9.47 Å². The molecule has 0 bridgehead atoms. The molecule has 0 saturated heterocycles. The van der Waals surface area contributed by atoms with E-state index in [0.717, 1.165) is 16.9 Å². The van der Waals surface area contributed by atoms with E-state index < -0.39 is 0 Å². The van der Waals surface area contributed by atoms with Gasteiger partial charge in [-0.15, -0.1) is 10.2 Å². The van der Waals surface area contributed by atoms with Gasteiger partial charge in [-0.05, 0) is 55.0 Å². The van der Waals surface area contributed by atoms with E-state index in [2.05, 4.69) is 40.9 Å². The van der Waals surface area contributed by atoms with Crippen LogP contribution in [0.5, 0.6) is 17.5 Å². The Morgan fingerprint density at radius 1 is 0.784 bits per heavy atom. The lowest BCUT2D eigenvalue weighted by atomic mass is 10.2. The van der Waals surface area contributed by atoms with Crippen molar-refractivity contribution in [3.8, 4) is 17.5 Å². The Labute approximate surface area is 212 Å². The summed E-state index contributed by atoms with van der Waals surface area (Å²) in [6.45, 7) is 2.34.